The van der Waals surface area contributed by atoms with Crippen LogP contribution < -0.4 is 5.43 Å². The molecular formula is C17H14ClN3O2S2. The molecule has 1 heterocycles. The molecule has 1 atom stereocenters. The third-order valence-electron chi connectivity index (χ3n) is 3.29. The monoisotopic (exact) mass is 391 g/mol. The molecule has 0 fully saturated rings. The SMILES string of the molecule is C[C@H](Sc1nc2ccccc2s1)C(=O)N/N=C\c1cc(Cl)ccc1O. The molecule has 128 valence electrons. The van der Waals surface area contributed by atoms with Gasteiger partial charge in [0.1, 0.15) is 5.75 Å². The van der Waals surface area contributed by atoms with Crippen LogP contribution in [-0.4, -0.2) is 27.5 Å². The number of nitrogens with zero attached hydrogens (tertiary/aromatic N) is 2. The normalized spacial score (nSPS) is 12.6. The number of hydrogen-bond donors (Lipinski definition) is 2. The number of aromatic nitrogens is 1. The highest BCUT2D eigenvalue weighted by Gasteiger charge is 2.16. The van der Waals surface area contributed by atoms with Crippen molar-refractivity contribution >= 4 is 57.0 Å². The fraction of sp³-hybridized carbons (Fsp3) is 0.118. The Hall–Kier alpha value is -2.09. The third-order valence-corrected chi connectivity index (χ3v) is 5.75. The van der Waals surface area contributed by atoms with Gasteiger partial charge in [0.25, 0.3) is 5.91 Å². The van der Waals surface area contributed by atoms with Crippen molar-refractivity contribution in [2.75, 3.05) is 0 Å². The standard InChI is InChI=1S/C17H14ClN3O2S2/c1-10(24-17-20-13-4-2-3-5-15(13)25-17)16(23)21-19-9-11-8-12(18)6-7-14(11)22/h2-10,22H,1H3,(H,21,23)/b19-9-/t10-/m0/s1. The van der Waals surface area contributed by atoms with Gasteiger partial charge in [0.2, 0.25) is 0 Å². The minimum atomic E-state index is -0.356. The number of nitrogens with one attached hydrogen (secondary N) is 1. The maximum Gasteiger partial charge on any atom is 0.253 e. The molecule has 0 aliphatic rings. The predicted molar refractivity (Wildman–Crippen MR) is 104 cm³/mol. The Kier molecular flexibility index (Phi) is 5.57. The summed E-state index contributed by atoms with van der Waals surface area (Å²) in [4.78, 5) is 16.6. The summed E-state index contributed by atoms with van der Waals surface area (Å²) >= 11 is 8.80. The van der Waals surface area contributed by atoms with Crippen LogP contribution in [-0.2, 0) is 4.79 Å². The summed E-state index contributed by atoms with van der Waals surface area (Å²) in [5.41, 5.74) is 3.82. The minimum absolute atomic E-state index is 0.0410. The zero-order chi connectivity index (χ0) is 17.8. The molecule has 0 saturated carbocycles. The Labute approximate surface area is 157 Å². The number of amides is 1. The van der Waals surface area contributed by atoms with E-state index < -0.39 is 0 Å². The molecule has 3 rings (SSSR count). The van der Waals surface area contributed by atoms with Crippen molar-refractivity contribution in [1.29, 1.82) is 0 Å². The van der Waals surface area contributed by atoms with Gasteiger partial charge in [-0.05, 0) is 37.3 Å². The number of hydrogen-bond acceptors (Lipinski definition) is 6. The van der Waals surface area contributed by atoms with Gasteiger partial charge in [-0.2, -0.15) is 5.10 Å². The van der Waals surface area contributed by atoms with Gasteiger partial charge in [-0.15, -0.1) is 11.3 Å². The van der Waals surface area contributed by atoms with Crippen molar-refractivity contribution in [3.05, 3.63) is 53.1 Å². The van der Waals surface area contributed by atoms with Crippen LogP contribution in [0.2, 0.25) is 5.02 Å². The molecule has 0 aliphatic heterocycles. The second-order valence-electron chi connectivity index (χ2n) is 5.14. The largest absolute Gasteiger partial charge is 0.507 e. The highest BCUT2D eigenvalue weighted by atomic mass is 35.5. The summed E-state index contributed by atoms with van der Waals surface area (Å²) in [6.45, 7) is 1.79. The van der Waals surface area contributed by atoms with E-state index in [4.69, 9.17) is 11.6 Å². The number of thiazole rings is 1. The van der Waals surface area contributed by atoms with Gasteiger partial charge in [-0.1, -0.05) is 35.5 Å². The lowest BCUT2D eigenvalue weighted by Crippen LogP contribution is -2.26. The number of rotatable bonds is 5. The van der Waals surface area contributed by atoms with Crippen molar-refractivity contribution in [3.8, 4) is 5.75 Å². The molecule has 1 aromatic heterocycles. The van der Waals surface area contributed by atoms with Gasteiger partial charge in [0, 0.05) is 10.6 Å². The molecule has 0 unspecified atom stereocenters. The van der Waals surface area contributed by atoms with Crippen LogP contribution in [0.1, 0.15) is 12.5 Å². The number of thioether (sulfide) groups is 1. The van der Waals surface area contributed by atoms with Crippen molar-refractivity contribution in [3.63, 3.8) is 0 Å². The first-order chi connectivity index (χ1) is 12.0. The highest BCUT2D eigenvalue weighted by Crippen LogP contribution is 2.31. The number of para-hydroxylation sites is 1. The van der Waals surface area contributed by atoms with E-state index in [1.54, 1.807) is 30.4 Å². The zero-order valence-electron chi connectivity index (χ0n) is 13.1. The summed E-state index contributed by atoms with van der Waals surface area (Å²) in [6.07, 6.45) is 1.36. The van der Waals surface area contributed by atoms with E-state index in [1.807, 2.05) is 24.3 Å². The van der Waals surface area contributed by atoms with Gasteiger partial charge in [-0.3, -0.25) is 4.79 Å². The first kappa shape index (κ1) is 17.7. The number of hydrazone groups is 1. The molecule has 0 aliphatic carbocycles. The summed E-state index contributed by atoms with van der Waals surface area (Å²) < 4.78 is 1.92. The van der Waals surface area contributed by atoms with E-state index in [0.29, 0.717) is 10.6 Å². The van der Waals surface area contributed by atoms with Crippen LogP contribution in [0, 0.1) is 0 Å². The van der Waals surface area contributed by atoms with Crippen molar-refractivity contribution in [2.24, 2.45) is 5.10 Å². The fourth-order valence-electron chi connectivity index (χ4n) is 1.99. The molecule has 0 saturated heterocycles. The summed E-state index contributed by atoms with van der Waals surface area (Å²) in [5.74, 6) is -0.207. The van der Waals surface area contributed by atoms with Crippen LogP contribution in [0.25, 0.3) is 10.2 Å². The zero-order valence-corrected chi connectivity index (χ0v) is 15.5. The van der Waals surface area contributed by atoms with E-state index >= 15 is 0 Å². The molecule has 25 heavy (non-hydrogen) atoms. The summed E-state index contributed by atoms with van der Waals surface area (Å²) in [5, 5.41) is 13.7. The molecular weight excluding hydrogens is 378 g/mol. The topological polar surface area (TPSA) is 74.6 Å². The second-order valence-corrected chi connectivity index (χ2v) is 8.20. The second kappa shape index (κ2) is 7.86. The van der Waals surface area contributed by atoms with Crippen LogP contribution in [0.5, 0.6) is 5.75 Å². The average Bonchev–Trinajstić information content (AvgIpc) is 3.00. The quantitative estimate of drug-likeness (QED) is 0.386. The number of fused-ring (bicyclic) bond motifs is 1. The maximum absolute atomic E-state index is 12.1. The van der Waals surface area contributed by atoms with Gasteiger partial charge in [0.15, 0.2) is 4.34 Å². The van der Waals surface area contributed by atoms with Crippen molar-refractivity contribution in [1.82, 2.24) is 10.4 Å². The number of halogens is 1. The maximum atomic E-state index is 12.1. The number of phenols is 1. The number of aromatic hydroxyl groups is 1. The summed E-state index contributed by atoms with van der Waals surface area (Å²) in [6, 6.07) is 12.5. The molecule has 8 heteroatoms. The highest BCUT2D eigenvalue weighted by molar-refractivity contribution is 8.02. The van der Waals surface area contributed by atoms with E-state index in [2.05, 4.69) is 15.5 Å². The molecule has 2 N–H and O–H groups in total. The lowest BCUT2D eigenvalue weighted by atomic mass is 10.2. The molecule has 0 radical (unpaired) electrons. The number of benzene rings is 2. The van der Waals surface area contributed by atoms with Crippen LogP contribution in [0.4, 0.5) is 0 Å². The van der Waals surface area contributed by atoms with Crippen LogP contribution >= 0.6 is 34.7 Å². The van der Waals surface area contributed by atoms with Gasteiger partial charge in [-0.25, -0.2) is 10.4 Å². The van der Waals surface area contributed by atoms with E-state index in [9.17, 15) is 9.90 Å². The lowest BCUT2D eigenvalue weighted by Gasteiger charge is -2.06. The fourth-order valence-corrected chi connectivity index (χ4v) is 4.38. The molecule has 3 aromatic rings. The Morgan fingerprint density at radius 1 is 1.40 bits per heavy atom. The third kappa shape index (κ3) is 4.50. The van der Waals surface area contributed by atoms with Crippen LogP contribution in [0.15, 0.2) is 51.9 Å². The number of phenolic OH excluding ortho intramolecular Hbond substituents is 1. The smallest absolute Gasteiger partial charge is 0.253 e. The van der Waals surface area contributed by atoms with Crippen molar-refractivity contribution < 1.29 is 9.90 Å². The average molecular weight is 392 g/mol. The van der Waals surface area contributed by atoms with Gasteiger partial charge < -0.3 is 5.11 Å². The van der Waals surface area contributed by atoms with E-state index in [-0.39, 0.29) is 16.9 Å². The molecule has 0 bridgehead atoms. The number of carbonyl (C=O) groups excluding carboxylic acids is 1. The Balaban J connectivity index is 1.60. The van der Waals surface area contributed by atoms with E-state index in [1.165, 1.54) is 24.0 Å². The Bertz CT molecular complexity index is 910. The lowest BCUT2D eigenvalue weighted by molar-refractivity contribution is -0.120. The molecule has 1 amide bonds. The summed E-state index contributed by atoms with van der Waals surface area (Å²) in [7, 11) is 0. The first-order valence-corrected chi connectivity index (χ1v) is 9.44. The van der Waals surface area contributed by atoms with Gasteiger partial charge in [0.05, 0.1) is 21.7 Å². The minimum Gasteiger partial charge on any atom is -0.507 e. The predicted octanol–water partition coefficient (Wildman–Crippen LogP) is 4.29. The number of carbonyl (C=O) groups is 1. The Morgan fingerprint density at radius 3 is 3.00 bits per heavy atom. The van der Waals surface area contributed by atoms with Gasteiger partial charge >= 0.3 is 0 Å². The first-order valence-electron chi connectivity index (χ1n) is 7.36. The molecule has 0 spiro atoms. The van der Waals surface area contributed by atoms with Crippen molar-refractivity contribution in [2.45, 2.75) is 16.5 Å². The van der Waals surface area contributed by atoms with E-state index in [0.717, 1.165) is 14.6 Å². The van der Waals surface area contributed by atoms with Crippen LogP contribution in [0.3, 0.4) is 0 Å². The Morgan fingerprint density at radius 2 is 2.20 bits per heavy atom. The molecule has 2 aromatic carbocycles. The molecule has 5 nitrogen and oxygen atoms in total.